The Kier molecular flexibility index (Phi) is 10.3. The van der Waals surface area contributed by atoms with Crippen molar-refractivity contribution in [2.24, 2.45) is 13.0 Å². The smallest absolute Gasteiger partial charge is 0.478 e. The lowest BCUT2D eigenvalue weighted by atomic mass is 9.96. The summed E-state index contributed by atoms with van der Waals surface area (Å²) in [4.78, 5) is 36.3. The van der Waals surface area contributed by atoms with Crippen LogP contribution in [-0.2, 0) is 36.1 Å². The zero-order valence-electron chi connectivity index (χ0n) is 20.4. The number of aromatic carboxylic acids is 1. The van der Waals surface area contributed by atoms with Crippen molar-refractivity contribution in [3.8, 4) is 0 Å². The molecule has 1 fully saturated rings. The highest BCUT2D eigenvalue weighted by Gasteiger charge is 2.39. The summed E-state index contributed by atoms with van der Waals surface area (Å²) < 4.78 is 65.3. The number of pyridine rings is 1. The molecule has 2 aromatic heterocycles. The molecule has 39 heavy (non-hydrogen) atoms. The fourth-order valence-corrected chi connectivity index (χ4v) is 3.47. The normalized spacial score (nSPS) is 15.2. The first-order valence-corrected chi connectivity index (χ1v) is 11.3. The van der Waals surface area contributed by atoms with Crippen molar-refractivity contribution in [1.29, 1.82) is 0 Å². The van der Waals surface area contributed by atoms with Gasteiger partial charge < -0.3 is 20.6 Å². The number of fused-ring (bicyclic) bond motifs is 1. The molecule has 11 nitrogen and oxygen atoms in total. The predicted molar refractivity (Wildman–Crippen MR) is 121 cm³/mol. The Bertz CT molecular complexity index is 1160. The van der Waals surface area contributed by atoms with Gasteiger partial charge in [-0.15, -0.1) is 0 Å². The van der Waals surface area contributed by atoms with Crippen molar-refractivity contribution in [3.05, 3.63) is 40.8 Å². The van der Waals surface area contributed by atoms with E-state index in [-0.39, 0.29) is 0 Å². The highest BCUT2D eigenvalue weighted by atomic mass is 19.4. The van der Waals surface area contributed by atoms with Gasteiger partial charge in [-0.25, -0.2) is 19.4 Å². The minimum atomic E-state index is -5.08. The zero-order chi connectivity index (χ0) is 29.5. The van der Waals surface area contributed by atoms with Crippen LogP contribution in [0.25, 0.3) is 0 Å². The number of carboxylic acids is 3. The van der Waals surface area contributed by atoms with Gasteiger partial charge in [0.1, 0.15) is 11.4 Å². The Labute approximate surface area is 217 Å². The molecule has 0 bridgehead atoms. The summed E-state index contributed by atoms with van der Waals surface area (Å²) in [5, 5.41) is 31.4. The van der Waals surface area contributed by atoms with Crippen LogP contribution in [0.5, 0.6) is 0 Å². The first kappa shape index (κ1) is 31.3. The maximum absolute atomic E-state index is 11.8. The van der Waals surface area contributed by atoms with Crippen molar-refractivity contribution in [2.75, 3.05) is 18.4 Å². The molecule has 4 rings (SSSR count). The number of aliphatic carboxylic acids is 2. The van der Waals surface area contributed by atoms with Crippen LogP contribution in [-0.4, -0.2) is 78.3 Å². The van der Waals surface area contributed by atoms with Gasteiger partial charge in [0.25, 0.3) is 0 Å². The molecule has 2 aliphatic rings. The number of nitrogens with zero attached hydrogens (tertiary/aromatic N) is 4. The Morgan fingerprint density at radius 1 is 1.03 bits per heavy atom. The van der Waals surface area contributed by atoms with E-state index in [1.807, 2.05) is 25.6 Å². The van der Waals surface area contributed by atoms with Gasteiger partial charge >= 0.3 is 30.3 Å². The van der Waals surface area contributed by atoms with E-state index < -0.39 is 30.3 Å². The number of carboxylic acid groups (broad SMARTS) is 3. The monoisotopic (exact) mass is 569 g/mol. The fraction of sp³-hybridized carbons (Fsp3) is 0.500. The topological polar surface area (TPSA) is 158 Å². The minimum absolute atomic E-state index is 0.360. The van der Waals surface area contributed by atoms with Crippen molar-refractivity contribution in [2.45, 2.75) is 44.7 Å². The lowest BCUT2D eigenvalue weighted by molar-refractivity contribution is -0.193. The second-order valence-electron chi connectivity index (χ2n) is 8.70. The van der Waals surface area contributed by atoms with Crippen LogP contribution in [0.3, 0.4) is 0 Å². The summed E-state index contributed by atoms with van der Waals surface area (Å²) in [6.45, 7) is 3.20. The Balaban J connectivity index is 0.000000317. The van der Waals surface area contributed by atoms with E-state index in [9.17, 15) is 36.2 Å². The molecule has 216 valence electrons. The third kappa shape index (κ3) is 10.1. The van der Waals surface area contributed by atoms with E-state index in [1.54, 1.807) is 4.68 Å². The summed E-state index contributed by atoms with van der Waals surface area (Å²) in [5.74, 6) is -5.20. The number of aryl methyl sites for hydroxylation is 1. The van der Waals surface area contributed by atoms with Crippen molar-refractivity contribution in [1.82, 2.24) is 19.7 Å². The molecule has 3 heterocycles. The number of anilines is 1. The first-order chi connectivity index (χ1) is 18.0. The van der Waals surface area contributed by atoms with Gasteiger partial charge in [-0.2, -0.15) is 31.4 Å². The van der Waals surface area contributed by atoms with E-state index in [0.29, 0.717) is 17.3 Å². The number of hydrogen-bond donors (Lipinski definition) is 4. The second kappa shape index (κ2) is 12.8. The summed E-state index contributed by atoms with van der Waals surface area (Å²) in [6.07, 6.45) is -1.25. The summed E-state index contributed by atoms with van der Waals surface area (Å²) in [6, 6.07) is 0. The van der Waals surface area contributed by atoms with Gasteiger partial charge in [0.15, 0.2) is 0 Å². The maximum atomic E-state index is 11.8. The first-order valence-electron chi connectivity index (χ1n) is 11.3. The van der Waals surface area contributed by atoms with E-state index in [0.717, 1.165) is 43.7 Å². The van der Waals surface area contributed by atoms with Gasteiger partial charge in [-0.1, -0.05) is 0 Å². The fourth-order valence-electron chi connectivity index (χ4n) is 3.47. The highest BCUT2D eigenvalue weighted by molar-refractivity contribution is 5.95. The van der Waals surface area contributed by atoms with Crippen LogP contribution in [0.4, 0.5) is 32.2 Å². The molecule has 1 aliphatic heterocycles. The number of alkyl halides is 6. The van der Waals surface area contributed by atoms with E-state index >= 15 is 0 Å². The summed E-state index contributed by atoms with van der Waals surface area (Å²) >= 11 is 0. The average molecular weight is 569 g/mol. The molecule has 0 radical (unpaired) electrons. The van der Waals surface area contributed by atoms with Gasteiger partial charge in [0.2, 0.25) is 0 Å². The standard InChI is InChI=1S/C18H23N5O2.2C2HF3O2/c1-22-9-13(7-21-22)10-23-5-4-15-14(11-23)8-20-17(16(15)18(24)25)19-6-12-2-3-12;2*3-2(4,5)1(6)7/h7-9,12H,2-6,10-11H2,1H3,(H,19,20)(H,24,25);2*(H,6,7). The minimum Gasteiger partial charge on any atom is -0.478 e. The zero-order valence-corrected chi connectivity index (χ0v) is 20.4. The van der Waals surface area contributed by atoms with E-state index in [4.69, 9.17) is 19.8 Å². The average Bonchev–Trinajstić information content (AvgIpc) is 3.56. The van der Waals surface area contributed by atoms with Crippen LogP contribution in [0.15, 0.2) is 18.6 Å². The van der Waals surface area contributed by atoms with Crippen LogP contribution in [0.2, 0.25) is 0 Å². The molecule has 2 aromatic rings. The van der Waals surface area contributed by atoms with Crippen LogP contribution < -0.4 is 5.32 Å². The van der Waals surface area contributed by atoms with Crippen molar-refractivity contribution in [3.63, 3.8) is 0 Å². The predicted octanol–water partition coefficient (Wildman–Crippen LogP) is 3.16. The molecule has 4 N–H and O–H groups in total. The molecule has 0 amide bonds. The lowest BCUT2D eigenvalue weighted by Gasteiger charge is -2.29. The van der Waals surface area contributed by atoms with Crippen LogP contribution in [0, 0.1) is 5.92 Å². The Morgan fingerprint density at radius 2 is 1.59 bits per heavy atom. The number of nitrogens with one attached hydrogen (secondary N) is 1. The van der Waals surface area contributed by atoms with E-state index in [1.165, 1.54) is 18.4 Å². The van der Waals surface area contributed by atoms with Gasteiger partial charge in [-0.3, -0.25) is 9.58 Å². The van der Waals surface area contributed by atoms with Gasteiger partial charge in [0.05, 0.1) is 6.20 Å². The molecule has 0 saturated heterocycles. The van der Waals surface area contributed by atoms with E-state index in [2.05, 4.69) is 20.3 Å². The quantitative estimate of drug-likeness (QED) is 0.381. The number of hydrogen-bond acceptors (Lipinski definition) is 7. The third-order valence-corrected chi connectivity index (χ3v) is 5.47. The van der Waals surface area contributed by atoms with Crippen molar-refractivity contribution >= 4 is 23.7 Å². The number of rotatable bonds is 6. The number of aromatic nitrogens is 3. The molecule has 1 aliphatic carbocycles. The Morgan fingerprint density at radius 3 is 2.03 bits per heavy atom. The molecule has 1 saturated carbocycles. The highest BCUT2D eigenvalue weighted by Crippen LogP contribution is 2.31. The second-order valence-corrected chi connectivity index (χ2v) is 8.70. The van der Waals surface area contributed by atoms with Gasteiger partial charge in [0, 0.05) is 51.2 Å². The molecule has 17 heteroatoms. The van der Waals surface area contributed by atoms with Crippen LogP contribution in [0.1, 0.15) is 39.9 Å². The van der Waals surface area contributed by atoms with Crippen LogP contribution >= 0.6 is 0 Å². The molecule has 0 unspecified atom stereocenters. The molecule has 0 atom stereocenters. The van der Waals surface area contributed by atoms with Crippen molar-refractivity contribution < 1.29 is 56.0 Å². The molecule has 0 aromatic carbocycles. The largest absolute Gasteiger partial charge is 0.490 e. The number of halogens is 6. The lowest BCUT2D eigenvalue weighted by Crippen LogP contribution is -2.31. The van der Waals surface area contributed by atoms with Gasteiger partial charge in [-0.05, 0) is 36.3 Å². The SMILES string of the molecule is Cn1cc(CN2CCc3c(cnc(NCC4CC4)c3C(=O)O)C2)cn1.O=C(O)C(F)(F)F.O=C(O)C(F)(F)F. The summed E-state index contributed by atoms with van der Waals surface area (Å²) in [7, 11) is 1.91. The summed E-state index contributed by atoms with van der Waals surface area (Å²) in [5.41, 5.74) is 3.48. The maximum Gasteiger partial charge on any atom is 0.490 e. The number of carbonyl (C=O) groups is 3. The Hall–Kier alpha value is -3.89. The molecular weight excluding hydrogens is 544 g/mol. The third-order valence-electron chi connectivity index (χ3n) is 5.47. The molecular formula is C22H25F6N5O6. The molecule has 0 spiro atoms.